The number of hydrogen-bond acceptors (Lipinski definition) is 4. The monoisotopic (exact) mass is 273 g/mol. The minimum Gasteiger partial charge on any atom is -0.444 e. The molecule has 0 saturated carbocycles. The number of pyridine rings is 1. The number of amides is 1. The largest absolute Gasteiger partial charge is 0.444 e. The van der Waals surface area contributed by atoms with Gasteiger partial charge in [0.25, 0.3) is 0 Å². The zero-order chi connectivity index (χ0) is 14.8. The molecule has 20 heavy (non-hydrogen) atoms. The molecule has 0 aromatic carbocycles. The van der Waals surface area contributed by atoms with Crippen molar-refractivity contribution in [2.45, 2.75) is 45.3 Å². The van der Waals surface area contributed by atoms with Gasteiger partial charge in [0.1, 0.15) is 17.4 Å². The van der Waals surface area contributed by atoms with Crippen LogP contribution in [0.3, 0.4) is 0 Å². The second kappa shape index (κ2) is 5.49. The Hall–Kier alpha value is -2.09. The van der Waals surface area contributed by atoms with Gasteiger partial charge in [0, 0.05) is 18.3 Å². The number of rotatable bonds is 1. The molecule has 1 atom stereocenters. The molecule has 0 bridgehead atoms. The van der Waals surface area contributed by atoms with Gasteiger partial charge >= 0.3 is 6.09 Å². The summed E-state index contributed by atoms with van der Waals surface area (Å²) in [5.41, 5.74) is 0.670. The predicted molar refractivity (Wildman–Crippen MR) is 73.9 cm³/mol. The van der Waals surface area contributed by atoms with Gasteiger partial charge in [0.05, 0.1) is 6.04 Å². The van der Waals surface area contributed by atoms with E-state index in [-0.39, 0.29) is 12.1 Å². The van der Waals surface area contributed by atoms with Crippen molar-refractivity contribution in [3.8, 4) is 6.07 Å². The predicted octanol–water partition coefficient (Wildman–Crippen LogP) is 3.03. The molecule has 0 aliphatic carbocycles. The van der Waals surface area contributed by atoms with Crippen LogP contribution in [0.15, 0.2) is 18.3 Å². The molecule has 1 fully saturated rings. The fourth-order valence-electron chi connectivity index (χ4n) is 2.41. The molecule has 0 N–H and O–H groups in total. The molecule has 1 aromatic rings. The van der Waals surface area contributed by atoms with Crippen LogP contribution in [0.1, 0.15) is 50.9 Å². The SMILES string of the molecule is CC(C)(C)OC(=O)N1CCC[C@@H]1c1cccnc1C#N. The highest BCUT2D eigenvalue weighted by Gasteiger charge is 2.34. The Labute approximate surface area is 119 Å². The third-order valence-electron chi connectivity index (χ3n) is 3.18. The third kappa shape index (κ3) is 3.08. The lowest BCUT2D eigenvalue weighted by molar-refractivity contribution is 0.0224. The highest BCUT2D eigenvalue weighted by atomic mass is 16.6. The third-order valence-corrected chi connectivity index (χ3v) is 3.18. The van der Waals surface area contributed by atoms with E-state index in [0.29, 0.717) is 12.2 Å². The van der Waals surface area contributed by atoms with Crippen LogP contribution in [0, 0.1) is 11.3 Å². The molecule has 1 amide bonds. The van der Waals surface area contributed by atoms with E-state index in [4.69, 9.17) is 10.00 Å². The van der Waals surface area contributed by atoms with E-state index in [1.54, 1.807) is 17.2 Å². The van der Waals surface area contributed by atoms with Crippen molar-refractivity contribution in [2.75, 3.05) is 6.54 Å². The summed E-state index contributed by atoms with van der Waals surface area (Å²) in [5, 5.41) is 9.14. The summed E-state index contributed by atoms with van der Waals surface area (Å²) < 4.78 is 5.43. The van der Waals surface area contributed by atoms with Crippen LogP contribution in [-0.4, -0.2) is 28.1 Å². The highest BCUT2D eigenvalue weighted by Crippen LogP contribution is 2.34. The van der Waals surface area contributed by atoms with E-state index in [2.05, 4.69) is 11.1 Å². The number of likely N-dealkylation sites (tertiary alicyclic amines) is 1. The quantitative estimate of drug-likeness (QED) is 0.788. The molecule has 0 unspecified atom stereocenters. The van der Waals surface area contributed by atoms with Crippen molar-refractivity contribution in [2.24, 2.45) is 0 Å². The summed E-state index contributed by atoms with van der Waals surface area (Å²) in [6, 6.07) is 5.63. The number of nitriles is 1. The average Bonchev–Trinajstić information content (AvgIpc) is 2.85. The molecule has 1 saturated heterocycles. The van der Waals surface area contributed by atoms with E-state index >= 15 is 0 Å². The molecule has 1 aliphatic heterocycles. The van der Waals surface area contributed by atoms with Gasteiger partial charge in [-0.25, -0.2) is 9.78 Å². The lowest BCUT2D eigenvalue weighted by Gasteiger charge is -2.28. The maximum atomic E-state index is 12.2. The first-order valence-corrected chi connectivity index (χ1v) is 6.77. The summed E-state index contributed by atoms with van der Waals surface area (Å²) in [7, 11) is 0. The van der Waals surface area contributed by atoms with Crippen LogP contribution in [-0.2, 0) is 4.74 Å². The van der Waals surface area contributed by atoms with Crippen LogP contribution in [0.2, 0.25) is 0 Å². The summed E-state index contributed by atoms with van der Waals surface area (Å²) in [6.45, 7) is 6.20. The minimum atomic E-state index is -0.517. The Morgan fingerprint density at radius 3 is 2.95 bits per heavy atom. The van der Waals surface area contributed by atoms with Crippen molar-refractivity contribution in [1.29, 1.82) is 5.26 Å². The van der Waals surface area contributed by atoms with Gasteiger partial charge in [-0.05, 0) is 39.7 Å². The molecular formula is C15H19N3O2. The summed E-state index contributed by atoms with van der Waals surface area (Å²) in [4.78, 5) is 18.0. The first-order chi connectivity index (χ1) is 9.42. The molecule has 5 heteroatoms. The van der Waals surface area contributed by atoms with E-state index in [1.807, 2.05) is 26.8 Å². The molecular weight excluding hydrogens is 254 g/mol. The van der Waals surface area contributed by atoms with Gasteiger partial charge in [-0.3, -0.25) is 0 Å². The number of aromatic nitrogens is 1. The van der Waals surface area contributed by atoms with E-state index in [0.717, 1.165) is 18.4 Å². The smallest absolute Gasteiger partial charge is 0.410 e. The maximum Gasteiger partial charge on any atom is 0.410 e. The second-order valence-electron chi connectivity index (χ2n) is 5.88. The molecule has 0 spiro atoms. The summed E-state index contributed by atoms with van der Waals surface area (Å²) >= 11 is 0. The normalized spacial score (nSPS) is 18.7. The van der Waals surface area contributed by atoms with Crippen LogP contribution in [0.5, 0.6) is 0 Å². The highest BCUT2D eigenvalue weighted by molar-refractivity contribution is 5.69. The first kappa shape index (κ1) is 14.3. The Morgan fingerprint density at radius 1 is 1.55 bits per heavy atom. The van der Waals surface area contributed by atoms with Gasteiger partial charge in [0.15, 0.2) is 0 Å². The Bertz CT molecular complexity index is 543. The zero-order valence-corrected chi connectivity index (χ0v) is 12.1. The van der Waals surface area contributed by atoms with Gasteiger partial charge in [-0.15, -0.1) is 0 Å². The fourth-order valence-corrected chi connectivity index (χ4v) is 2.41. The van der Waals surface area contributed by atoms with E-state index < -0.39 is 5.60 Å². The van der Waals surface area contributed by atoms with Crippen molar-refractivity contribution < 1.29 is 9.53 Å². The molecule has 106 valence electrons. The maximum absolute atomic E-state index is 12.2. The van der Waals surface area contributed by atoms with Gasteiger partial charge < -0.3 is 9.64 Å². The number of hydrogen-bond donors (Lipinski definition) is 0. The van der Waals surface area contributed by atoms with Crippen LogP contribution in [0.4, 0.5) is 4.79 Å². The topological polar surface area (TPSA) is 66.2 Å². The Balaban J connectivity index is 2.24. The van der Waals surface area contributed by atoms with Crippen molar-refractivity contribution in [3.05, 3.63) is 29.6 Å². The number of ether oxygens (including phenoxy) is 1. The molecule has 1 aromatic heterocycles. The van der Waals surface area contributed by atoms with E-state index in [9.17, 15) is 4.79 Å². The average molecular weight is 273 g/mol. The number of nitrogens with zero attached hydrogens (tertiary/aromatic N) is 3. The molecule has 0 radical (unpaired) electrons. The standard InChI is InChI=1S/C15H19N3O2/c1-15(2,3)20-14(19)18-9-5-7-13(18)11-6-4-8-17-12(11)10-16/h4,6,8,13H,5,7,9H2,1-3H3/t13-/m1/s1. The van der Waals surface area contributed by atoms with Crippen LogP contribution >= 0.6 is 0 Å². The fraction of sp³-hybridized carbons (Fsp3) is 0.533. The van der Waals surface area contributed by atoms with Gasteiger partial charge in [-0.1, -0.05) is 6.07 Å². The first-order valence-electron chi connectivity index (χ1n) is 6.77. The van der Waals surface area contributed by atoms with Crippen LogP contribution < -0.4 is 0 Å². The number of carbonyl (C=O) groups excluding carboxylic acids is 1. The number of carbonyl (C=O) groups is 1. The van der Waals surface area contributed by atoms with Crippen molar-refractivity contribution in [3.63, 3.8) is 0 Å². The lowest BCUT2D eigenvalue weighted by atomic mass is 10.0. The Morgan fingerprint density at radius 2 is 2.30 bits per heavy atom. The molecule has 2 heterocycles. The van der Waals surface area contributed by atoms with Crippen LogP contribution in [0.25, 0.3) is 0 Å². The van der Waals surface area contributed by atoms with E-state index in [1.165, 1.54) is 0 Å². The minimum absolute atomic E-state index is 0.117. The molecule has 2 rings (SSSR count). The van der Waals surface area contributed by atoms with Gasteiger partial charge in [0.2, 0.25) is 0 Å². The van der Waals surface area contributed by atoms with Gasteiger partial charge in [-0.2, -0.15) is 5.26 Å². The van der Waals surface area contributed by atoms with Crippen molar-refractivity contribution in [1.82, 2.24) is 9.88 Å². The summed E-state index contributed by atoms with van der Waals surface area (Å²) in [5.74, 6) is 0. The Kier molecular flexibility index (Phi) is 3.93. The molecule has 5 nitrogen and oxygen atoms in total. The van der Waals surface area contributed by atoms with Crippen molar-refractivity contribution >= 4 is 6.09 Å². The summed E-state index contributed by atoms with van der Waals surface area (Å²) in [6.07, 6.45) is 3.01. The molecule has 1 aliphatic rings. The second-order valence-corrected chi connectivity index (χ2v) is 5.88. The lowest BCUT2D eigenvalue weighted by Crippen LogP contribution is -2.36. The zero-order valence-electron chi connectivity index (χ0n) is 12.1.